The van der Waals surface area contributed by atoms with E-state index in [1.165, 1.54) is 0 Å². The number of imidazole rings is 1. The van der Waals surface area contributed by atoms with E-state index in [4.69, 9.17) is 14.8 Å². The van der Waals surface area contributed by atoms with Crippen molar-refractivity contribution in [2.45, 2.75) is 39.8 Å². The molecule has 4 aromatic heterocycles. The van der Waals surface area contributed by atoms with Crippen molar-refractivity contribution in [2.24, 2.45) is 7.05 Å². The molecule has 4 heterocycles. The maximum absolute atomic E-state index is 5.78. The topological polar surface area (TPSA) is 82.7 Å². The summed E-state index contributed by atoms with van der Waals surface area (Å²) in [7, 11) is 1.97. The van der Waals surface area contributed by atoms with E-state index < -0.39 is 0 Å². The standard InChI is InChI=1S/C23H28IN7O/c1-5-17(11-24)31-22-20(26-12-16-13-30(4)14-27-16)10-19(28-21(22)15(3)29-31)18-8-7-9-25-23(18)32-6-2/h7-10,13-14,17H,5-6,11-12H2,1-4H3,(H,26,28). The zero-order chi connectivity index (χ0) is 22.7. The zero-order valence-electron chi connectivity index (χ0n) is 18.8. The number of nitrogens with one attached hydrogen (secondary N) is 1. The minimum atomic E-state index is 0.298. The van der Waals surface area contributed by atoms with Gasteiger partial charge in [-0.3, -0.25) is 4.68 Å². The minimum Gasteiger partial charge on any atom is -0.477 e. The van der Waals surface area contributed by atoms with Crippen molar-refractivity contribution in [3.8, 4) is 17.1 Å². The van der Waals surface area contributed by atoms with Crippen LogP contribution >= 0.6 is 22.6 Å². The first-order valence-corrected chi connectivity index (χ1v) is 12.3. The summed E-state index contributed by atoms with van der Waals surface area (Å²) in [5.41, 5.74) is 6.44. The van der Waals surface area contributed by atoms with Gasteiger partial charge in [-0.05, 0) is 38.5 Å². The van der Waals surface area contributed by atoms with E-state index in [1.807, 2.05) is 50.1 Å². The number of ether oxygens (including phenoxy) is 1. The lowest BCUT2D eigenvalue weighted by atomic mass is 10.1. The molecule has 8 nitrogen and oxygen atoms in total. The van der Waals surface area contributed by atoms with Crippen LogP contribution in [0.1, 0.15) is 37.7 Å². The van der Waals surface area contributed by atoms with Crippen molar-refractivity contribution >= 4 is 39.3 Å². The second-order valence-corrected chi connectivity index (χ2v) is 8.55. The highest BCUT2D eigenvalue weighted by Crippen LogP contribution is 2.35. The molecule has 9 heteroatoms. The van der Waals surface area contributed by atoms with Gasteiger partial charge in [0.15, 0.2) is 0 Å². The monoisotopic (exact) mass is 545 g/mol. The van der Waals surface area contributed by atoms with Gasteiger partial charge in [0.1, 0.15) is 11.0 Å². The fraction of sp³-hybridized carbons (Fsp3) is 0.391. The number of pyridine rings is 2. The average molecular weight is 545 g/mol. The quantitative estimate of drug-likeness (QED) is 0.237. The Bertz CT molecular complexity index is 1210. The summed E-state index contributed by atoms with van der Waals surface area (Å²) in [6.07, 6.45) is 6.56. The third-order valence-electron chi connectivity index (χ3n) is 5.36. The van der Waals surface area contributed by atoms with Gasteiger partial charge in [-0.2, -0.15) is 5.10 Å². The van der Waals surface area contributed by atoms with Crippen molar-refractivity contribution in [3.63, 3.8) is 0 Å². The molecule has 1 atom stereocenters. The minimum absolute atomic E-state index is 0.298. The molecule has 1 N–H and O–H groups in total. The Labute approximate surface area is 201 Å². The molecule has 0 aliphatic carbocycles. The number of alkyl halides is 1. The van der Waals surface area contributed by atoms with Gasteiger partial charge in [0, 0.05) is 23.9 Å². The lowest BCUT2D eigenvalue weighted by molar-refractivity contribution is 0.328. The van der Waals surface area contributed by atoms with E-state index >= 15 is 0 Å². The summed E-state index contributed by atoms with van der Waals surface area (Å²) in [5.74, 6) is 0.585. The Balaban J connectivity index is 1.88. The van der Waals surface area contributed by atoms with Gasteiger partial charge >= 0.3 is 0 Å². The van der Waals surface area contributed by atoms with Crippen LogP contribution in [0.25, 0.3) is 22.3 Å². The molecule has 0 saturated carbocycles. The summed E-state index contributed by atoms with van der Waals surface area (Å²) < 4.78 is 10.8. The first kappa shape index (κ1) is 22.5. The van der Waals surface area contributed by atoms with Crippen molar-refractivity contribution < 1.29 is 4.74 Å². The van der Waals surface area contributed by atoms with Gasteiger partial charge in [-0.15, -0.1) is 0 Å². The molecule has 0 radical (unpaired) electrons. The summed E-state index contributed by atoms with van der Waals surface area (Å²) in [6.45, 7) is 7.32. The van der Waals surface area contributed by atoms with Gasteiger partial charge in [0.2, 0.25) is 5.88 Å². The third-order valence-corrected chi connectivity index (χ3v) is 6.38. The molecule has 0 saturated heterocycles. The number of fused-ring (bicyclic) bond motifs is 1. The highest BCUT2D eigenvalue weighted by Gasteiger charge is 2.21. The van der Waals surface area contributed by atoms with Crippen molar-refractivity contribution in [1.82, 2.24) is 29.3 Å². The number of halogens is 1. The maximum Gasteiger partial charge on any atom is 0.222 e. The van der Waals surface area contributed by atoms with Crippen LogP contribution in [0.3, 0.4) is 0 Å². The first-order valence-electron chi connectivity index (χ1n) is 10.8. The molecule has 4 aromatic rings. The lowest BCUT2D eigenvalue weighted by Crippen LogP contribution is -2.12. The van der Waals surface area contributed by atoms with E-state index in [-0.39, 0.29) is 0 Å². The van der Waals surface area contributed by atoms with E-state index in [0.717, 1.165) is 50.2 Å². The molecule has 0 spiro atoms. The molecular weight excluding hydrogens is 517 g/mol. The highest BCUT2D eigenvalue weighted by molar-refractivity contribution is 14.1. The van der Waals surface area contributed by atoms with Crippen LogP contribution in [0.15, 0.2) is 36.9 Å². The van der Waals surface area contributed by atoms with E-state index in [0.29, 0.717) is 25.1 Å². The highest BCUT2D eigenvalue weighted by atomic mass is 127. The smallest absolute Gasteiger partial charge is 0.222 e. The second-order valence-electron chi connectivity index (χ2n) is 7.67. The Kier molecular flexibility index (Phi) is 6.92. The first-order chi connectivity index (χ1) is 15.5. The summed E-state index contributed by atoms with van der Waals surface area (Å²) in [6, 6.07) is 6.27. The molecule has 0 amide bonds. The molecule has 0 aliphatic rings. The van der Waals surface area contributed by atoms with Crippen LogP contribution in [0.4, 0.5) is 5.69 Å². The fourth-order valence-corrected chi connectivity index (χ4v) is 4.74. The van der Waals surface area contributed by atoms with Crippen LogP contribution in [-0.2, 0) is 13.6 Å². The van der Waals surface area contributed by atoms with Gasteiger partial charge in [-0.25, -0.2) is 15.0 Å². The predicted octanol–water partition coefficient (Wildman–Crippen LogP) is 4.93. The van der Waals surface area contributed by atoms with Crippen molar-refractivity contribution in [1.29, 1.82) is 0 Å². The number of aromatic nitrogens is 6. The SMILES string of the molecule is CCOc1ncccc1-c1cc(NCc2cn(C)cn2)c2c(n1)c(C)nn2C(CC)CI. The largest absolute Gasteiger partial charge is 0.477 e. The third kappa shape index (κ3) is 4.43. The Morgan fingerprint density at radius 1 is 1.25 bits per heavy atom. The van der Waals surface area contributed by atoms with Gasteiger partial charge in [0.05, 0.1) is 53.9 Å². The number of nitrogens with zero attached hydrogens (tertiary/aromatic N) is 6. The maximum atomic E-state index is 5.78. The van der Waals surface area contributed by atoms with Crippen LogP contribution in [0.2, 0.25) is 0 Å². The average Bonchev–Trinajstić information content (AvgIpc) is 3.37. The van der Waals surface area contributed by atoms with E-state index in [9.17, 15) is 0 Å². The second kappa shape index (κ2) is 9.85. The number of aryl methyl sites for hydroxylation is 2. The summed E-state index contributed by atoms with van der Waals surface area (Å²) in [4.78, 5) is 13.9. The Morgan fingerprint density at radius 2 is 2.09 bits per heavy atom. The Hall–Kier alpha value is -2.69. The van der Waals surface area contributed by atoms with Crippen molar-refractivity contribution in [3.05, 3.63) is 48.3 Å². The van der Waals surface area contributed by atoms with Gasteiger partial charge in [0.25, 0.3) is 0 Å². The molecular formula is C23H28IN7O. The Morgan fingerprint density at radius 3 is 2.78 bits per heavy atom. The van der Waals surface area contributed by atoms with Crippen LogP contribution in [-0.4, -0.2) is 40.3 Å². The molecule has 0 fully saturated rings. The van der Waals surface area contributed by atoms with Crippen LogP contribution < -0.4 is 10.1 Å². The molecule has 0 aliphatic heterocycles. The molecule has 0 aromatic carbocycles. The molecule has 168 valence electrons. The molecule has 4 rings (SSSR count). The van der Waals surface area contributed by atoms with Gasteiger partial charge < -0.3 is 14.6 Å². The van der Waals surface area contributed by atoms with E-state index in [2.05, 4.69) is 55.5 Å². The number of hydrogen-bond acceptors (Lipinski definition) is 6. The zero-order valence-corrected chi connectivity index (χ0v) is 21.0. The predicted molar refractivity (Wildman–Crippen MR) is 135 cm³/mol. The van der Waals surface area contributed by atoms with Crippen LogP contribution in [0.5, 0.6) is 5.88 Å². The lowest BCUT2D eigenvalue weighted by Gasteiger charge is -2.17. The van der Waals surface area contributed by atoms with E-state index in [1.54, 1.807) is 6.20 Å². The summed E-state index contributed by atoms with van der Waals surface area (Å²) >= 11 is 2.43. The van der Waals surface area contributed by atoms with Crippen molar-refractivity contribution in [2.75, 3.05) is 16.4 Å². The number of anilines is 1. The molecule has 1 unspecified atom stereocenters. The van der Waals surface area contributed by atoms with Crippen LogP contribution in [0, 0.1) is 6.92 Å². The number of rotatable bonds is 9. The molecule has 0 bridgehead atoms. The normalized spacial score (nSPS) is 12.3. The number of hydrogen-bond donors (Lipinski definition) is 1. The summed E-state index contributed by atoms with van der Waals surface area (Å²) in [5, 5.41) is 8.48. The molecule has 32 heavy (non-hydrogen) atoms. The fourth-order valence-electron chi connectivity index (χ4n) is 3.75. The van der Waals surface area contributed by atoms with Gasteiger partial charge in [-0.1, -0.05) is 29.5 Å².